The van der Waals surface area contributed by atoms with Gasteiger partial charge < -0.3 is 20.5 Å². The molecule has 3 N–H and O–H groups in total. The smallest absolute Gasteiger partial charge is 0.231 e. The molecule has 0 fully saturated rings. The normalized spacial score (nSPS) is 15.3. The van der Waals surface area contributed by atoms with Gasteiger partial charge >= 0.3 is 0 Å². The Morgan fingerprint density at radius 3 is 2.84 bits per heavy atom. The standard InChI is InChI=1S/C19H21N3O2.HI/c20-19(21-11-14-7-4-10-17-18(14)24-12-23-17)22-16-9-3-6-13-5-1-2-8-15(13)16;/h3-4,6-7,9-10H,1-2,5,8,11-12H2,(H3,20,21,22);1H. The molecule has 0 unspecified atom stereocenters. The Balaban J connectivity index is 0.00000182. The Morgan fingerprint density at radius 1 is 1.08 bits per heavy atom. The molecule has 1 heterocycles. The van der Waals surface area contributed by atoms with Crippen LogP contribution in [0.2, 0.25) is 0 Å². The molecule has 0 aromatic heterocycles. The summed E-state index contributed by atoms with van der Waals surface area (Å²) < 4.78 is 10.9. The van der Waals surface area contributed by atoms with E-state index >= 15 is 0 Å². The largest absolute Gasteiger partial charge is 0.454 e. The van der Waals surface area contributed by atoms with Crippen LogP contribution >= 0.6 is 24.0 Å². The summed E-state index contributed by atoms with van der Waals surface area (Å²) in [6.45, 7) is 0.723. The molecule has 1 aliphatic heterocycles. The number of ether oxygens (including phenoxy) is 2. The Morgan fingerprint density at radius 2 is 1.92 bits per heavy atom. The van der Waals surface area contributed by atoms with E-state index < -0.39 is 0 Å². The molecule has 6 heteroatoms. The highest BCUT2D eigenvalue weighted by atomic mass is 127. The van der Waals surface area contributed by atoms with Gasteiger partial charge in [0.1, 0.15) is 0 Å². The van der Waals surface area contributed by atoms with Crippen LogP contribution in [0.4, 0.5) is 5.69 Å². The topological polar surface area (TPSA) is 68.9 Å². The summed E-state index contributed by atoms with van der Waals surface area (Å²) in [4.78, 5) is 4.46. The van der Waals surface area contributed by atoms with Gasteiger partial charge in [0.15, 0.2) is 17.5 Å². The first-order valence-electron chi connectivity index (χ1n) is 8.36. The third kappa shape index (κ3) is 3.84. The summed E-state index contributed by atoms with van der Waals surface area (Å²) in [6.07, 6.45) is 4.75. The molecule has 0 saturated carbocycles. The van der Waals surface area contributed by atoms with E-state index in [1.807, 2.05) is 18.2 Å². The number of benzene rings is 2. The molecular formula is C19H22IN3O2. The van der Waals surface area contributed by atoms with Crippen molar-refractivity contribution in [3.05, 3.63) is 53.1 Å². The molecule has 2 aliphatic rings. The molecule has 0 bridgehead atoms. The van der Waals surface area contributed by atoms with Gasteiger partial charge in [0.05, 0.1) is 6.54 Å². The summed E-state index contributed by atoms with van der Waals surface area (Å²) in [6, 6.07) is 12.2. The van der Waals surface area contributed by atoms with Crippen LogP contribution in [0.15, 0.2) is 41.4 Å². The van der Waals surface area contributed by atoms with Gasteiger partial charge in [-0.2, -0.15) is 0 Å². The monoisotopic (exact) mass is 451 g/mol. The summed E-state index contributed by atoms with van der Waals surface area (Å²) in [5.41, 5.74) is 10.9. The molecule has 0 saturated heterocycles. The van der Waals surface area contributed by atoms with Gasteiger partial charge in [-0.15, -0.1) is 24.0 Å². The van der Waals surface area contributed by atoms with Gasteiger partial charge in [-0.1, -0.05) is 24.3 Å². The van der Waals surface area contributed by atoms with E-state index in [4.69, 9.17) is 15.2 Å². The summed E-state index contributed by atoms with van der Waals surface area (Å²) in [5, 5.41) is 3.26. The fourth-order valence-corrected chi connectivity index (χ4v) is 3.36. The van der Waals surface area contributed by atoms with E-state index in [1.165, 1.54) is 24.0 Å². The third-order valence-corrected chi connectivity index (χ3v) is 4.56. The predicted molar refractivity (Wildman–Crippen MR) is 110 cm³/mol. The molecule has 2 aromatic carbocycles. The number of nitrogens with two attached hydrogens (primary N) is 1. The Labute approximate surface area is 164 Å². The highest BCUT2D eigenvalue weighted by Gasteiger charge is 2.17. The zero-order valence-electron chi connectivity index (χ0n) is 14.0. The Kier molecular flexibility index (Phi) is 5.67. The summed E-state index contributed by atoms with van der Waals surface area (Å²) in [5.74, 6) is 1.96. The fraction of sp³-hybridized carbons (Fsp3) is 0.316. The Bertz CT molecular complexity index is 792. The van der Waals surface area contributed by atoms with Crippen molar-refractivity contribution < 1.29 is 9.47 Å². The lowest BCUT2D eigenvalue weighted by atomic mass is 9.90. The van der Waals surface area contributed by atoms with Crippen molar-refractivity contribution in [1.29, 1.82) is 0 Å². The quantitative estimate of drug-likeness (QED) is 0.423. The van der Waals surface area contributed by atoms with E-state index in [1.54, 1.807) is 0 Å². The van der Waals surface area contributed by atoms with E-state index in [0.717, 1.165) is 35.6 Å². The summed E-state index contributed by atoms with van der Waals surface area (Å²) >= 11 is 0. The predicted octanol–water partition coefficient (Wildman–Crippen LogP) is 3.84. The number of para-hydroxylation sites is 1. The van der Waals surface area contributed by atoms with Crippen molar-refractivity contribution in [2.75, 3.05) is 12.1 Å². The van der Waals surface area contributed by atoms with Crippen LogP contribution in [0.3, 0.4) is 0 Å². The average Bonchev–Trinajstić information content (AvgIpc) is 3.09. The van der Waals surface area contributed by atoms with Crippen LogP contribution in [-0.4, -0.2) is 12.8 Å². The zero-order valence-corrected chi connectivity index (χ0v) is 16.3. The molecular weight excluding hydrogens is 429 g/mol. The number of hydrogen-bond donors (Lipinski definition) is 2. The van der Waals surface area contributed by atoms with Gasteiger partial charge in [-0.25, -0.2) is 4.99 Å². The zero-order chi connectivity index (χ0) is 16.4. The molecule has 25 heavy (non-hydrogen) atoms. The SMILES string of the molecule is I.NC(=NCc1cccc2c1OCO2)Nc1cccc2c1CCCC2. The van der Waals surface area contributed by atoms with Crippen molar-refractivity contribution in [3.8, 4) is 11.5 Å². The number of aryl methyl sites for hydroxylation is 1. The molecule has 132 valence electrons. The van der Waals surface area contributed by atoms with Crippen molar-refractivity contribution in [1.82, 2.24) is 0 Å². The molecule has 0 atom stereocenters. The highest BCUT2D eigenvalue weighted by molar-refractivity contribution is 14.0. The number of anilines is 1. The number of nitrogens with zero attached hydrogens (tertiary/aromatic N) is 1. The number of aliphatic imine (C=N–C) groups is 1. The van der Waals surface area contributed by atoms with Crippen LogP contribution in [-0.2, 0) is 19.4 Å². The van der Waals surface area contributed by atoms with Gasteiger partial charge in [-0.05, 0) is 48.9 Å². The lowest BCUT2D eigenvalue weighted by molar-refractivity contribution is 0.173. The molecule has 1 aliphatic carbocycles. The van der Waals surface area contributed by atoms with Crippen LogP contribution in [0.5, 0.6) is 11.5 Å². The number of guanidine groups is 1. The maximum Gasteiger partial charge on any atom is 0.231 e. The number of nitrogens with one attached hydrogen (secondary N) is 1. The van der Waals surface area contributed by atoms with E-state index in [9.17, 15) is 0 Å². The molecule has 0 amide bonds. The van der Waals surface area contributed by atoms with Crippen LogP contribution < -0.4 is 20.5 Å². The number of halogens is 1. The molecule has 4 rings (SSSR count). The second-order valence-corrected chi connectivity index (χ2v) is 6.13. The minimum Gasteiger partial charge on any atom is -0.454 e. The van der Waals surface area contributed by atoms with Crippen molar-refractivity contribution in [3.63, 3.8) is 0 Å². The minimum absolute atomic E-state index is 0. The van der Waals surface area contributed by atoms with E-state index in [-0.39, 0.29) is 30.8 Å². The van der Waals surface area contributed by atoms with Crippen LogP contribution in [0, 0.1) is 0 Å². The molecule has 5 nitrogen and oxygen atoms in total. The first kappa shape index (κ1) is 17.8. The minimum atomic E-state index is 0. The second-order valence-electron chi connectivity index (χ2n) is 6.13. The van der Waals surface area contributed by atoms with Crippen molar-refractivity contribution in [2.24, 2.45) is 10.7 Å². The van der Waals surface area contributed by atoms with Crippen molar-refractivity contribution in [2.45, 2.75) is 32.2 Å². The number of hydrogen-bond acceptors (Lipinski definition) is 3. The number of rotatable bonds is 3. The third-order valence-electron chi connectivity index (χ3n) is 4.56. The first-order chi connectivity index (χ1) is 11.8. The first-order valence-corrected chi connectivity index (χ1v) is 8.36. The lowest BCUT2D eigenvalue weighted by Gasteiger charge is -2.19. The molecule has 0 radical (unpaired) electrons. The maximum absolute atomic E-state index is 6.10. The second kappa shape index (κ2) is 7.95. The fourth-order valence-electron chi connectivity index (χ4n) is 3.36. The maximum atomic E-state index is 6.10. The average molecular weight is 451 g/mol. The van der Waals surface area contributed by atoms with Gasteiger partial charge in [0.25, 0.3) is 0 Å². The van der Waals surface area contributed by atoms with Crippen molar-refractivity contribution >= 4 is 35.6 Å². The van der Waals surface area contributed by atoms with Crippen LogP contribution in [0.25, 0.3) is 0 Å². The van der Waals surface area contributed by atoms with Gasteiger partial charge in [0, 0.05) is 11.3 Å². The van der Waals surface area contributed by atoms with Gasteiger partial charge in [0.2, 0.25) is 6.79 Å². The number of fused-ring (bicyclic) bond motifs is 2. The van der Waals surface area contributed by atoms with E-state index in [2.05, 4.69) is 28.5 Å². The Hall–Kier alpha value is -1.96. The molecule has 2 aromatic rings. The van der Waals surface area contributed by atoms with Crippen LogP contribution in [0.1, 0.15) is 29.5 Å². The lowest BCUT2D eigenvalue weighted by Crippen LogP contribution is -2.24. The van der Waals surface area contributed by atoms with Gasteiger partial charge in [-0.3, -0.25) is 0 Å². The summed E-state index contributed by atoms with van der Waals surface area (Å²) in [7, 11) is 0. The van der Waals surface area contributed by atoms with E-state index in [0.29, 0.717) is 12.5 Å². The molecule has 0 spiro atoms. The highest BCUT2D eigenvalue weighted by Crippen LogP contribution is 2.35.